The third-order valence-electron chi connectivity index (χ3n) is 5.33. The lowest BCUT2D eigenvalue weighted by atomic mass is 9.90. The summed E-state index contributed by atoms with van der Waals surface area (Å²) in [5.41, 5.74) is 0. The summed E-state index contributed by atoms with van der Waals surface area (Å²) in [5.74, 6) is 0.651. The van der Waals surface area contributed by atoms with Crippen LogP contribution < -0.4 is 0 Å². The minimum atomic E-state index is -0.0514. The number of hydrogen-bond acceptors (Lipinski definition) is 3. The van der Waals surface area contributed by atoms with Gasteiger partial charge in [0.2, 0.25) is 5.91 Å². The number of likely N-dealkylation sites (tertiary alicyclic amines) is 2. The molecule has 0 aromatic carbocycles. The first-order valence-corrected chi connectivity index (χ1v) is 8.72. The van der Waals surface area contributed by atoms with E-state index in [1.165, 1.54) is 0 Å². The van der Waals surface area contributed by atoms with Crippen molar-refractivity contribution in [3.8, 4) is 0 Å². The highest BCUT2D eigenvalue weighted by Crippen LogP contribution is 2.25. The highest BCUT2D eigenvalue weighted by molar-refractivity contribution is 5.81. The minimum Gasteiger partial charge on any atom is -0.342 e. The third-order valence-corrected chi connectivity index (χ3v) is 5.33. The summed E-state index contributed by atoms with van der Waals surface area (Å²) >= 11 is 0. The Labute approximate surface area is 140 Å². The van der Waals surface area contributed by atoms with E-state index >= 15 is 0 Å². The van der Waals surface area contributed by atoms with Crippen LogP contribution in [-0.2, 0) is 4.79 Å². The first-order valence-electron chi connectivity index (χ1n) is 8.72. The van der Waals surface area contributed by atoms with Gasteiger partial charge in [-0.25, -0.2) is 4.79 Å². The molecule has 132 valence electrons. The zero-order valence-corrected chi connectivity index (χ0v) is 15.3. The van der Waals surface area contributed by atoms with Crippen molar-refractivity contribution in [2.45, 2.75) is 32.2 Å². The van der Waals surface area contributed by atoms with Crippen molar-refractivity contribution in [3.05, 3.63) is 0 Å². The van der Waals surface area contributed by atoms with Crippen LogP contribution in [0.5, 0.6) is 0 Å². The highest BCUT2D eigenvalue weighted by Gasteiger charge is 2.35. The SMILES string of the molecule is C[C@@H]1CN(C)CC[C@H]1N(C)C(=O)[C@@H]1CCCN(C(=O)N(C)C)C1. The summed E-state index contributed by atoms with van der Waals surface area (Å²) in [4.78, 5) is 32.8. The molecule has 0 N–H and O–H groups in total. The van der Waals surface area contributed by atoms with E-state index in [1.54, 1.807) is 19.0 Å². The molecule has 3 amide bonds. The number of hydrogen-bond donors (Lipinski definition) is 0. The first kappa shape index (κ1) is 18.0. The largest absolute Gasteiger partial charge is 0.342 e. The maximum atomic E-state index is 12.9. The van der Waals surface area contributed by atoms with Crippen LogP contribution in [0.3, 0.4) is 0 Å². The number of piperidine rings is 2. The summed E-state index contributed by atoms with van der Waals surface area (Å²) in [6, 6.07) is 0.330. The van der Waals surface area contributed by atoms with Gasteiger partial charge in [0.25, 0.3) is 0 Å². The van der Waals surface area contributed by atoms with Crippen LogP contribution in [0, 0.1) is 11.8 Å². The van der Waals surface area contributed by atoms with Gasteiger partial charge in [-0.1, -0.05) is 6.92 Å². The fourth-order valence-corrected chi connectivity index (χ4v) is 4.00. The van der Waals surface area contributed by atoms with E-state index in [2.05, 4.69) is 18.9 Å². The molecule has 0 aromatic heterocycles. The molecule has 0 spiro atoms. The lowest BCUT2D eigenvalue weighted by Gasteiger charge is -2.42. The van der Waals surface area contributed by atoms with Gasteiger partial charge in [-0.05, 0) is 38.8 Å². The Morgan fingerprint density at radius 2 is 1.74 bits per heavy atom. The van der Waals surface area contributed by atoms with Crippen LogP contribution >= 0.6 is 0 Å². The molecule has 2 saturated heterocycles. The van der Waals surface area contributed by atoms with Crippen molar-refractivity contribution in [2.75, 3.05) is 54.4 Å². The molecular formula is C17H32N4O2. The highest BCUT2D eigenvalue weighted by atomic mass is 16.2. The molecule has 0 saturated carbocycles. The zero-order chi connectivity index (χ0) is 17.1. The number of rotatable bonds is 2. The van der Waals surface area contributed by atoms with Crippen molar-refractivity contribution in [1.82, 2.24) is 19.6 Å². The average Bonchev–Trinajstić information content (AvgIpc) is 2.53. The molecule has 2 aliphatic heterocycles. The molecule has 0 bridgehead atoms. The Bertz CT molecular complexity index is 440. The normalized spacial score (nSPS) is 29.3. The second kappa shape index (κ2) is 7.51. The van der Waals surface area contributed by atoms with Crippen molar-refractivity contribution in [3.63, 3.8) is 0 Å². The van der Waals surface area contributed by atoms with E-state index in [0.29, 0.717) is 18.5 Å². The van der Waals surface area contributed by atoms with Crippen LogP contribution in [0.4, 0.5) is 4.79 Å². The number of nitrogens with zero attached hydrogens (tertiary/aromatic N) is 4. The Balaban J connectivity index is 1.97. The molecule has 2 aliphatic rings. The van der Waals surface area contributed by atoms with E-state index in [1.807, 2.05) is 16.8 Å². The molecule has 0 radical (unpaired) electrons. The van der Waals surface area contributed by atoms with Gasteiger partial charge in [-0.2, -0.15) is 0 Å². The fraction of sp³-hybridized carbons (Fsp3) is 0.882. The number of carbonyl (C=O) groups excluding carboxylic acids is 2. The monoisotopic (exact) mass is 324 g/mol. The van der Waals surface area contributed by atoms with E-state index in [9.17, 15) is 9.59 Å². The van der Waals surface area contributed by atoms with Crippen LogP contribution in [0.15, 0.2) is 0 Å². The van der Waals surface area contributed by atoms with Crippen molar-refractivity contribution in [2.24, 2.45) is 11.8 Å². The Hall–Kier alpha value is -1.30. The first-order chi connectivity index (χ1) is 10.8. The second-order valence-corrected chi connectivity index (χ2v) is 7.51. The molecule has 0 unspecified atom stereocenters. The summed E-state index contributed by atoms with van der Waals surface area (Å²) < 4.78 is 0. The lowest BCUT2D eigenvalue weighted by molar-refractivity contribution is -0.139. The van der Waals surface area contributed by atoms with Crippen molar-refractivity contribution >= 4 is 11.9 Å². The van der Waals surface area contributed by atoms with Gasteiger partial charge >= 0.3 is 6.03 Å². The zero-order valence-electron chi connectivity index (χ0n) is 15.3. The number of amides is 3. The topological polar surface area (TPSA) is 47.1 Å². The summed E-state index contributed by atoms with van der Waals surface area (Å²) in [6.45, 7) is 5.63. The Morgan fingerprint density at radius 3 is 2.35 bits per heavy atom. The average molecular weight is 324 g/mol. The van der Waals surface area contributed by atoms with Gasteiger partial charge in [0.1, 0.15) is 0 Å². The molecule has 6 nitrogen and oxygen atoms in total. The standard InChI is InChI=1S/C17H32N4O2/c1-13-11-19(4)10-8-15(13)20(5)16(22)14-7-6-9-21(12-14)17(23)18(2)3/h13-15H,6-12H2,1-5H3/t13-,14-,15-/m1/s1. The predicted octanol–water partition coefficient (Wildman–Crippen LogP) is 1.18. The summed E-state index contributed by atoms with van der Waals surface area (Å²) in [7, 11) is 7.61. The van der Waals surface area contributed by atoms with Crippen LogP contribution in [0.2, 0.25) is 0 Å². The van der Waals surface area contributed by atoms with Crippen LogP contribution in [0.1, 0.15) is 26.2 Å². The molecule has 2 heterocycles. The molecular weight excluding hydrogens is 292 g/mol. The van der Waals surface area contributed by atoms with Gasteiger partial charge in [-0.3, -0.25) is 4.79 Å². The molecule has 2 fully saturated rings. The lowest BCUT2D eigenvalue weighted by Crippen LogP contribution is -2.54. The summed E-state index contributed by atoms with van der Waals surface area (Å²) in [6.07, 6.45) is 2.83. The Morgan fingerprint density at radius 1 is 1.04 bits per heavy atom. The maximum Gasteiger partial charge on any atom is 0.319 e. The second-order valence-electron chi connectivity index (χ2n) is 7.51. The number of carbonyl (C=O) groups is 2. The number of urea groups is 1. The fourth-order valence-electron chi connectivity index (χ4n) is 4.00. The maximum absolute atomic E-state index is 12.9. The summed E-state index contributed by atoms with van der Waals surface area (Å²) in [5, 5.41) is 0. The van der Waals surface area contributed by atoms with Crippen LogP contribution in [0.25, 0.3) is 0 Å². The van der Waals surface area contributed by atoms with Crippen LogP contribution in [-0.4, -0.2) is 91.9 Å². The molecule has 0 aliphatic carbocycles. The molecule has 2 rings (SSSR count). The van der Waals surface area contributed by atoms with E-state index < -0.39 is 0 Å². The third kappa shape index (κ3) is 4.16. The molecule has 23 heavy (non-hydrogen) atoms. The van der Waals surface area contributed by atoms with Gasteiger partial charge in [-0.15, -0.1) is 0 Å². The van der Waals surface area contributed by atoms with Gasteiger partial charge in [0.05, 0.1) is 5.92 Å². The van der Waals surface area contributed by atoms with Crippen molar-refractivity contribution in [1.29, 1.82) is 0 Å². The van der Waals surface area contributed by atoms with E-state index in [-0.39, 0.29) is 17.9 Å². The van der Waals surface area contributed by atoms with E-state index in [4.69, 9.17) is 0 Å². The molecule has 0 aromatic rings. The van der Waals surface area contributed by atoms with Gasteiger partial charge in [0, 0.05) is 46.8 Å². The smallest absolute Gasteiger partial charge is 0.319 e. The predicted molar refractivity (Wildman–Crippen MR) is 91.2 cm³/mol. The van der Waals surface area contributed by atoms with Gasteiger partial charge < -0.3 is 19.6 Å². The quantitative estimate of drug-likeness (QED) is 0.766. The molecule has 3 atom stereocenters. The molecule has 6 heteroatoms. The minimum absolute atomic E-state index is 0.0119. The van der Waals surface area contributed by atoms with Gasteiger partial charge in [0.15, 0.2) is 0 Å². The van der Waals surface area contributed by atoms with E-state index in [0.717, 1.165) is 38.9 Å². The Kier molecular flexibility index (Phi) is 5.89. The van der Waals surface area contributed by atoms with Crippen molar-refractivity contribution < 1.29 is 9.59 Å².